The van der Waals surface area contributed by atoms with Gasteiger partial charge in [-0.15, -0.1) is 0 Å². The Morgan fingerprint density at radius 3 is 3.00 bits per heavy atom. The number of hydrogen-bond acceptors (Lipinski definition) is 2. The van der Waals surface area contributed by atoms with Gasteiger partial charge in [0, 0.05) is 6.61 Å². The number of hydrogen-bond donors (Lipinski definition) is 1. The highest BCUT2D eigenvalue weighted by atomic mass is 16.5. The van der Waals surface area contributed by atoms with Crippen LogP contribution in [0.2, 0.25) is 0 Å². The van der Waals surface area contributed by atoms with Crippen LogP contribution in [0.4, 0.5) is 0 Å². The average molecular weight is 197 g/mol. The van der Waals surface area contributed by atoms with Gasteiger partial charge in [-0.3, -0.25) is 0 Å². The summed E-state index contributed by atoms with van der Waals surface area (Å²) in [6, 6.07) is 0. The lowest BCUT2D eigenvalue weighted by Crippen LogP contribution is -2.49. The molecule has 2 aliphatic heterocycles. The van der Waals surface area contributed by atoms with Crippen molar-refractivity contribution in [2.45, 2.75) is 45.6 Å². The molecule has 82 valence electrons. The summed E-state index contributed by atoms with van der Waals surface area (Å²) in [6.45, 7) is 7.99. The summed E-state index contributed by atoms with van der Waals surface area (Å²) < 4.78 is 5.68. The highest BCUT2D eigenvalue weighted by Gasteiger charge is 2.42. The third kappa shape index (κ3) is 1.82. The van der Waals surface area contributed by atoms with E-state index in [0.29, 0.717) is 11.5 Å². The standard InChI is InChI=1S/C12H23NO/c1-3-11-9-13-6-4-12(11)5-7-14-10(2)8-12/h10-11,13H,3-9H2,1-2H3. The molecule has 0 aromatic rings. The molecule has 0 aromatic heterocycles. The predicted molar refractivity (Wildman–Crippen MR) is 58.3 cm³/mol. The Morgan fingerprint density at radius 2 is 2.29 bits per heavy atom. The van der Waals surface area contributed by atoms with E-state index in [-0.39, 0.29) is 0 Å². The van der Waals surface area contributed by atoms with Crippen molar-refractivity contribution in [1.29, 1.82) is 0 Å². The molecular weight excluding hydrogens is 174 g/mol. The van der Waals surface area contributed by atoms with E-state index < -0.39 is 0 Å². The maximum atomic E-state index is 5.68. The van der Waals surface area contributed by atoms with Crippen LogP contribution in [0.25, 0.3) is 0 Å². The monoisotopic (exact) mass is 197 g/mol. The smallest absolute Gasteiger partial charge is 0.0552 e. The third-order valence-electron chi connectivity index (χ3n) is 4.25. The first-order valence-corrected chi connectivity index (χ1v) is 6.09. The first-order valence-electron chi connectivity index (χ1n) is 6.09. The van der Waals surface area contributed by atoms with E-state index in [4.69, 9.17) is 4.74 Å². The molecule has 0 aromatic carbocycles. The molecule has 0 bridgehead atoms. The Balaban J connectivity index is 2.09. The van der Waals surface area contributed by atoms with Crippen LogP contribution in [-0.2, 0) is 4.74 Å². The predicted octanol–water partition coefficient (Wildman–Crippen LogP) is 2.19. The van der Waals surface area contributed by atoms with E-state index in [2.05, 4.69) is 19.2 Å². The summed E-state index contributed by atoms with van der Waals surface area (Å²) in [4.78, 5) is 0. The van der Waals surface area contributed by atoms with Crippen LogP contribution in [0.15, 0.2) is 0 Å². The second-order valence-electron chi connectivity index (χ2n) is 5.06. The van der Waals surface area contributed by atoms with Gasteiger partial charge in [-0.1, -0.05) is 13.3 Å². The lowest BCUT2D eigenvalue weighted by atomic mass is 9.64. The van der Waals surface area contributed by atoms with E-state index >= 15 is 0 Å². The van der Waals surface area contributed by atoms with Crippen LogP contribution >= 0.6 is 0 Å². The number of piperidine rings is 1. The third-order valence-corrected chi connectivity index (χ3v) is 4.25. The highest BCUT2D eigenvalue weighted by molar-refractivity contribution is 4.94. The number of rotatable bonds is 1. The Kier molecular flexibility index (Phi) is 3.13. The van der Waals surface area contributed by atoms with Crippen LogP contribution in [0, 0.1) is 11.3 Å². The average Bonchev–Trinajstić information content (AvgIpc) is 2.18. The van der Waals surface area contributed by atoms with Crippen LogP contribution < -0.4 is 5.32 Å². The van der Waals surface area contributed by atoms with Gasteiger partial charge in [-0.25, -0.2) is 0 Å². The maximum absolute atomic E-state index is 5.68. The van der Waals surface area contributed by atoms with E-state index in [1.807, 2.05) is 0 Å². The number of nitrogens with one attached hydrogen (secondary N) is 1. The minimum atomic E-state index is 0.482. The fourth-order valence-corrected chi connectivity index (χ4v) is 3.41. The Morgan fingerprint density at radius 1 is 1.43 bits per heavy atom. The van der Waals surface area contributed by atoms with Crippen LogP contribution in [0.3, 0.4) is 0 Å². The van der Waals surface area contributed by atoms with Crippen LogP contribution in [0.5, 0.6) is 0 Å². The summed E-state index contributed by atoms with van der Waals surface area (Å²) in [5.41, 5.74) is 0.609. The van der Waals surface area contributed by atoms with Gasteiger partial charge >= 0.3 is 0 Å². The second kappa shape index (κ2) is 4.19. The molecule has 1 spiro atoms. The number of ether oxygens (including phenoxy) is 1. The molecule has 2 rings (SSSR count). The van der Waals surface area contributed by atoms with Crippen molar-refractivity contribution >= 4 is 0 Å². The van der Waals surface area contributed by atoms with Gasteiger partial charge in [0.15, 0.2) is 0 Å². The van der Waals surface area contributed by atoms with Crippen molar-refractivity contribution in [3.63, 3.8) is 0 Å². The second-order valence-corrected chi connectivity index (χ2v) is 5.06. The van der Waals surface area contributed by atoms with Crippen molar-refractivity contribution in [3.05, 3.63) is 0 Å². The molecule has 2 fully saturated rings. The molecule has 0 saturated carbocycles. The maximum Gasteiger partial charge on any atom is 0.0552 e. The molecule has 2 nitrogen and oxygen atoms in total. The van der Waals surface area contributed by atoms with Crippen LogP contribution in [0.1, 0.15) is 39.5 Å². The molecule has 0 radical (unpaired) electrons. The van der Waals surface area contributed by atoms with E-state index in [0.717, 1.165) is 12.5 Å². The largest absolute Gasteiger partial charge is 0.378 e. The zero-order valence-electron chi connectivity index (χ0n) is 9.51. The first-order chi connectivity index (χ1) is 6.77. The van der Waals surface area contributed by atoms with Crippen molar-refractivity contribution < 1.29 is 4.74 Å². The lowest BCUT2D eigenvalue weighted by Gasteiger charge is -2.48. The summed E-state index contributed by atoms with van der Waals surface area (Å²) in [5.74, 6) is 0.877. The van der Waals surface area contributed by atoms with Crippen molar-refractivity contribution in [1.82, 2.24) is 5.32 Å². The normalized spacial score (nSPS) is 44.1. The summed E-state index contributed by atoms with van der Waals surface area (Å²) >= 11 is 0. The molecule has 2 heterocycles. The molecule has 2 aliphatic rings. The van der Waals surface area contributed by atoms with Crippen molar-refractivity contribution in [2.24, 2.45) is 11.3 Å². The molecule has 3 atom stereocenters. The molecule has 0 aliphatic carbocycles. The molecule has 3 unspecified atom stereocenters. The zero-order valence-corrected chi connectivity index (χ0v) is 9.51. The van der Waals surface area contributed by atoms with E-state index in [1.54, 1.807) is 0 Å². The summed E-state index contributed by atoms with van der Waals surface area (Å²) in [7, 11) is 0. The van der Waals surface area contributed by atoms with Gasteiger partial charge in [-0.05, 0) is 50.6 Å². The minimum absolute atomic E-state index is 0.482. The quantitative estimate of drug-likeness (QED) is 0.696. The highest BCUT2D eigenvalue weighted by Crippen LogP contribution is 2.45. The van der Waals surface area contributed by atoms with E-state index in [1.165, 1.54) is 38.8 Å². The topological polar surface area (TPSA) is 21.3 Å². The Labute approximate surface area is 87.4 Å². The van der Waals surface area contributed by atoms with Gasteiger partial charge < -0.3 is 10.1 Å². The van der Waals surface area contributed by atoms with Gasteiger partial charge in [0.1, 0.15) is 0 Å². The minimum Gasteiger partial charge on any atom is -0.378 e. The van der Waals surface area contributed by atoms with Crippen molar-refractivity contribution in [3.8, 4) is 0 Å². The first kappa shape index (κ1) is 10.4. The Bertz CT molecular complexity index is 191. The lowest BCUT2D eigenvalue weighted by molar-refractivity contribution is -0.0758. The molecule has 1 N–H and O–H groups in total. The molecule has 2 saturated heterocycles. The molecule has 0 amide bonds. The van der Waals surface area contributed by atoms with Gasteiger partial charge in [0.25, 0.3) is 0 Å². The van der Waals surface area contributed by atoms with Crippen LogP contribution in [-0.4, -0.2) is 25.8 Å². The fraction of sp³-hybridized carbons (Fsp3) is 1.00. The zero-order chi connectivity index (χ0) is 10.0. The SMILES string of the molecule is CCC1CNCCC12CCOC(C)C2. The Hall–Kier alpha value is -0.0800. The summed E-state index contributed by atoms with van der Waals surface area (Å²) in [6.07, 6.45) is 5.74. The summed E-state index contributed by atoms with van der Waals surface area (Å²) in [5, 5.41) is 3.53. The van der Waals surface area contributed by atoms with Crippen molar-refractivity contribution in [2.75, 3.05) is 19.7 Å². The van der Waals surface area contributed by atoms with E-state index in [9.17, 15) is 0 Å². The fourth-order valence-electron chi connectivity index (χ4n) is 3.41. The van der Waals surface area contributed by atoms with Gasteiger partial charge in [0.2, 0.25) is 0 Å². The molecule has 14 heavy (non-hydrogen) atoms. The van der Waals surface area contributed by atoms with Gasteiger partial charge in [-0.2, -0.15) is 0 Å². The van der Waals surface area contributed by atoms with Gasteiger partial charge in [0.05, 0.1) is 6.10 Å². The molecule has 2 heteroatoms. The molecular formula is C12H23NO.